The molecule has 4 rings (SSSR count). The highest BCUT2D eigenvalue weighted by Gasteiger charge is 2.17. The standard InChI is InChI=1S/C25H24N4O3S/c1-18-8-10-19(11-9-18)26-24(30)17-33-25-28-27-23(16-32-22-6-4-3-5-7-22)29(25)20-12-14-21(31-2)15-13-20/h3-15H,16-17H2,1-2H3,(H,26,30). The summed E-state index contributed by atoms with van der Waals surface area (Å²) in [6, 6.07) is 24.8. The van der Waals surface area contributed by atoms with Crippen molar-refractivity contribution in [2.24, 2.45) is 0 Å². The molecule has 0 aliphatic rings. The molecule has 1 N–H and O–H groups in total. The molecule has 33 heavy (non-hydrogen) atoms. The van der Waals surface area contributed by atoms with Crippen LogP contribution in [-0.2, 0) is 11.4 Å². The summed E-state index contributed by atoms with van der Waals surface area (Å²) in [5.74, 6) is 2.21. The fourth-order valence-corrected chi connectivity index (χ4v) is 3.88. The molecule has 1 amide bonds. The molecule has 0 fully saturated rings. The predicted octanol–water partition coefficient (Wildman–Crippen LogP) is 4.89. The number of methoxy groups -OCH3 is 1. The Morgan fingerprint density at radius 1 is 0.939 bits per heavy atom. The van der Waals surface area contributed by atoms with Crippen molar-refractivity contribution >= 4 is 23.4 Å². The van der Waals surface area contributed by atoms with E-state index < -0.39 is 0 Å². The van der Waals surface area contributed by atoms with E-state index in [0.717, 1.165) is 28.4 Å². The maximum absolute atomic E-state index is 12.5. The van der Waals surface area contributed by atoms with E-state index in [-0.39, 0.29) is 18.3 Å². The lowest BCUT2D eigenvalue weighted by atomic mass is 10.2. The number of nitrogens with one attached hydrogen (secondary N) is 1. The van der Waals surface area contributed by atoms with E-state index in [1.54, 1.807) is 7.11 Å². The highest BCUT2D eigenvalue weighted by Crippen LogP contribution is 2.25. The van der Waals surface area contributed by atoms with Crippen LogP contribution in [0.15, 0.2) is 84.0 Å². The largest absolute Gasteiger partial charge is 0.497 e. The molecular weight excluding hydrogens is 436 g/mol. The first-order valence-corrected chi connectivity index (χ1v) is 11.4. The Kier molecular flexibility index (Phi) is 7.26. The Labute approximate surface area is 196 Å². The molecule has 0 aliphatic heterocycles. The number of carbonyl (C=O) groups excluding carboxylic acids is 1. The summed E-state index contributed by atoms with van der Waals surface area (Å²) >= 11 is 1.32. The van der Waals surface area contributed by atoms with Crippen molar-refractivity contribution in [2.75, 3.05) is 18.2 Å². The second kappa shape index (κ2) is 10.7. The minimum atomic E-state index is -0.116. The maximum Gasteiger partial charge on any atom is 0.234 e. The number of nitrogens with zero attached hydrogens (tertiary/aromatic N) is 3. The molecule has 0 bridgehead atoms. The molecule has 0 saturated heterocycles. The Bertz CT molecular complexity index is 1190. The Hall–Kier alpha value is -3.78. The number of carbonyl (C=O) groups is 1. The van der Waals surface area contributed by atoms with Gasteiger partial charge in [0.15, 0.2) is 11.0 Å². The molecule has 4 aromatic rings. The van der Waals surface area contributed by atoms with Crippen LogP contribution in [0.1, 0.15) is 11.4 Å². The Balaban J connectivity index is 1.51. The molecule has 1 aromatic heterocycles. The molecular formula is C25H24N4O3S. The fraction of sp³-hybridized carbons (Fsp3) is 0.160. The second-order valence-electron chi connectivity index (χ2n) is 7.24. The van der Waals surface area contributed by atoms with E-state index in [9.17, 15) is 4.79 Å². The number of benzene rings is 3. The first kappa shape index (κ1) is 22.4. The molecule has 0 atom stereocenters. The number of aryl methyl sites for hydroxylation is 1. The third kappa shape index (κ3) is 5.93. The topological polar surface area (TPSA) is 78.3 Å². The van der Waals surface area contributed by atoms with E-state index in [4.69, 9.17) is 9.47 Å². The number of ether oxygens (including phenoxy) is 2. The van der Waals surface area contributed by atoms with Crippen LogP contribution < -0.4 is 14.8 Å². The summed E-state index contributed by atoms with van der Waals surface area (Å²) in [7, 11) is 1.63. The maximum atomic E-state index is 12.5. The van der Waals surface area contributed by atoms with Gasteiger partial charge in [0.25, 0.3) is 0 Å². The monoisotopic (exact) mass is 460 g/mol. The van der Waals surface area contributed by atoms with Gasteiger partial charge in [-0.1, -0.05) is 47.7 Å². The summed E-state index contributed by atoms with van der Waals surface area (Å²) in [5.41, 5.74) is 2.76. The SMILES string of the molecule is COc1ccc(-n2c(COc3ccccc3)nnc2SCC(=O)Nc2ccc(C)cc2)cc1. The lowest BCUT2D eigenvalue weighted by molar-refractivity contribution is -0.113. The predicted molar refractivity (Wildman–Crippen MR) is 129 cm³/mol. The van der Waals surface area contributed by atoms with Crippen LogP contribution in [0.4, 0.5) is 5.69 Å². The number of aromatic nitrogens is 3. The van der Waals surface area contributed by atoms with Gasteiger partial charge >= 0.3 is 0 Å². The Morgan fingerprint density at radius 2 is 1.67 bits per heavy atom. The van der Waals surface area contributed by atoms with Crippen molar-refractivity contribution in [1.29, 1.82) is 0 Å². The molecule has 7 nitrogen and oxygen atoms in total. The van der Waals surface area contributed by atoms with Gasteiger partial charge < -0.3 is 14.8 Å². The second-order valence-corrected chi connectivity index (χ2v) is 8.18. The zero-order valence-electron chi connectivity index (χ0n) is 18.4. The molecule has 0 aliphatic carbocycles. The van der Waals surface area contributed by atoms with Crippen LogP contribution in [0.25, 0.3) is 5.69 Å². The van der Waals surface area contributed by atoms with Gasteiger partial charge in [0.05, 0.1) is 12.9 Å². The van der Waals surface area contributed by atoms with E-state index in [2.05, 4.69) is 15.5 Å². The molecule has 168 valence electrons. The first-order chi connectivity index (χ1) is 16.1. The van der Waals surface area contributed by atoms with Gasteiger partial charge in [0.1, 0.15) is 18.1 Å². The van der Waals surface area contributed by atoms with Gasteiger partial charge in [0, 0.05) is 11.4 Å². The zero-order chi connectivity index (χ0) is 23.0. The summed E-state index contributed by atoms with van der Waals surface area (Å²) in [6.45, 7) is 2.24. The zero-order valence-corrected chi connectivity index (χ0v) is 19.2. The Morgan fingerprint density at radius 3 is 2.36 bits per heavy atom. The van der Waals surface area contributed by atoms with Gasteiger partial charge in [0.2, 0.25) is 5.91 Å². The normalized spacial score (nSPS) is 10.6. The minimum absolute atomic E-state index is 0.116. The molecule has 1 heterocycles. The number of para-hydroxylation sites is 1. The van der Waals surface area contributed by atoms with Gasteiger partial charge in [-0.2, -0.15) is 0 Å². The summed E-state index contributed by atoms with van der Waals surface area (Å²) < 4.78 is 13.1. The number of hydrogen-bond acceptors (Lipinski definition) is 6. The van der Waals surface area contributed by atoms with Crippen LogP contribution in [0.2, 0.25) is 0 Å². The molecule has 0 radical (unpaired) electrons. The molecule has 0 saturated carbocycles. The van der Waals surface area contributed by atoms with E-state index >= 15 is 0 Å². The number of anilines is 1. The summed E-state index contributed by atoms with van der Waals surface area (Å²) in [6.07, 6.45) is 0. The van der Waals surface area contributed by atoms with E-state index in [0.29, 0.717) is 11.0 Å². The highest BCUT2D eigenvalue weighted by atomic mass is 32.2. The number of hydrogen-bond donors (Lipinski definition) is 1. The summed E-state index contributed by atoms with van der Waals surface area (Å²) in [5, 5.41) is 12.2. The van der Waals surface area contributed by atoms with Crippen molar-refractivity contribution in [3.63, 3.8) is 0 Å². The fourth-order valence-electron chi connectivity index (χ4n) is 3.11. The van der Waals surface area contributed by atoms with Crippen molar-refractivity contribution < 1.29 is 14.3 Å². The minimum Gasteiger partial charge on any atom is -0.497 e. The van der Waals surface area contributed by atoms with Crippen LogP contribution in [-0.4, -0.2) is 33.5 Å². The van der Waals surface area contributed by atoms with Crippen molar-refractivity contribution in [3.8, 4) is 17.2 Å². The number of amides is 1. The average molecular weight is 461 g/mol. The van der Waals surface area contributed by atoms with E-state index in [1.165, 1.54) is 11.8 Å². The highest BCUT2D eigenvalue weighted by molar-refractivity contribution is 7.99. The van der Waals surface area contributed by atoms with Gasteiger partial charge in [-0.3, -0.25) is 9.36 Å². The molecule has 0 unspecified atom stereocenters. The van der Waals surface area contributed by atoms with Crippen LogP contribution in [0.5, 0.6) is 11.5 Å². The van der Waals surface area contributed by atoms with Crippen molar-refractivity contribution in [2.45, 2.75) is 18.7 Å². The molecule has 8 heteroatoms. The average Bonchev–Trinajstić information content (AvgIpc) is 3.26. The smallest absolute Gasteiger partial charge is 0.234 e. The van der Waals surface area contributed by atoms with Crippen LogP contribution in [0, 0.1) is 6.92 Å². The van der Waals surface area contributed by atoms with Gasteiger partial charge in [-0.05, 0) is 55.5 Å². The lowest BCUT2D eigenvalue weighted by Crippen LogP contribution is -2.14. The third-order valence-electron chi connectivity index (χ3n) is 4.81. The van der Waals surface area contributed by atoms with Crippen LogP contribution in [0.3, 0.4) is 0 Å². The van der Waals surface area contributed by atoms with E-state index in [1.807, 2.05) is 90.4 Å². The van der Waals surface area contributed by atoms with Gasteiger partial charge in [-0.25, -0.2) is 0 Å². The lowest BCUT2D eigenvalue weighted by Gasteiger charge is -2.12. The van der Waals surface area contributed by atoms with Crippen molar-refractivity contribution in [3.05, 3.63) is 90.3 Å². The van der Waals surface area contributed by atoms with Gasteiger partial charge in [-0.15, -0.1) is 10.2 Å². The summed E-state index contributed by atoms with van der Waals surface area (Å²) in [4.78, 5) is 12.5. The first-order valence-electron chi connectivity index (χ1n) is 10.4. The number of thioether (sulfide) groups is 1. The number of rotatable bonds is 9. The molecule has 0 spiro atoms. The third-order valence-corrected chi connectivity index (χ3v) is 5.74. The molecule has 3 aromatic carbocycles. The van der Waals surface area contributed by atoms with Crippen molar-refractivity contribution in [1.82, 2.24) is 14.8 Å². The quantitative estimate of drug-likeness (QED) is 0.358. The van der Waals surface area contributed by atoms with Crippen LogP contribution >= 0.6 is 11.8 Å².